The molecule has 0 aliphatic carbocycles. The summed E-state index contributed by atoms with van der Waals surface area (Å²) in [6, 6.07) is 16.0. The number of rotatable bonds is 6. The summed E-state index contributed by atoms with van der Waals surface area (Å²) in [6.45, 7) is 0.203. The van der Waals surface area contributed by atoms with E-state index in [0.29, 0.717) is 28.2 Å². The molecule has 0 atom stereocenters. The summed E-state index contributed by atoms with van der Waals surface area (Å²) < 4.78 is 4.63. The molecule has 0 spiro atoms. The zero-order valence-electron chi connectivity index (χ0n) is 16.3. The van der Waals surface area contributed by atoms with E-state index in [2.05, 4.69) is 25.7 Å². The Hall–Kier alpha value is -4.60. The van der Waals surface area contributed by atoms with Crippen molar-refractivity contribution in [3.05, 3.63) is 78.0 Å². The number of nitrogens with zero attached hydrogens (tertiary/aromatic N) is 1. The summed E-state index contributed by atoms with van der Waals surface area (Å²) in [4.78, 5) is 39.0. The van der Waals surface area contributed by atoms with Crippen LogP contribution in [0.3, 0.4) is 0 Å². The molecule has 158 valence electrons. The number of carbonyl (C=O) groups excluding carboxylic acids is 3. The van der Waals surface area contributed by atoms with Crippen LogP contribution in [-0.2, 0) is 6.54 Å². The summed E-state index contributed by atoms with van der Waals surface area (Å²) in [6.07, 6.45) is 0.497. The number of urea groups is 1. The van der Waals surface area contributed by atoms with Crippen molar-refractivity contribution in [1.29, 1.82) is 0 Å². The molecule has 0 saturated heterocycles. The van der Waals surface area contributed by atoms with Gasteiger partial charge in [0, 0.05) is 30.1 Å². The number of hydrogen-bond donors (Lipinski definition) is 5. The Balaban J connectivity index is 1.50. The number of hydrogen-bond acceptors (Lipinski definition) is 6. The Kier molecular flexibility index (Phi) is 6.64. The van der Waals surface area contributed by atoms with Crippen molar-refractivity contribution in [2.24, 2.45) is 5.73 Å². The highest BCUT2D eigenvalue weighted by molar-refractivity contribution is 6.06. The van der Waals surface area contributed by atoms with Crippen LogP contribution in [0.2, 0.25) is 0 Å². The van der Waals surface area contributed by atoms with Gasteiger partial charge in [-0.05, 0) is 42.0 Å². The number of nitrogens with two attached hydrogens (primary N) is 2. The van der Waals surface area contributed by atoms with Gasteiger partial charge in [-0.1, -0.05) is 18.2 Å². The van der Waals surface area contributed by atoms with E-state index in [4.69, 9.17) is 11.5 Å². The van der Waals surface area contributed by atoms with Crippen LogP contribution in [-0.4, -0.2) is 23.0 Å². The van der Waals surface area contributed by atoms with Gasteiger partial charge in [-0.15, -0.1) is 0 Å². The van der Waals surface area contributed by atoms with E-state index in [0.717, 1.165) is 0 Å². The number of ether oxygens (including phenoxy) is 1. The monoisotopic (exact) mass is 420 g/mol. The molecule has 0 saturated carbocycles. The molecule has 1 heterocycles. The zero-order chi connectivity index (χ0) is 22.2. The summed E-state index contributed by atoms with van der Waals surface area (Å²) in [5, 5.41) is 8.07. The number of para-hydroxylation sites is 2. The van der Waals surface area contributed by atoms with Crippen molar-refractivity contribution in [1.82, 2.24) is 10.3 Å². The number of carbonyl (C=O) groups is 3. The number of nitrogens with one attached hydrogen (secondary N) is 3. The maximum absolute atomic E-state index is 12.3. The molecule has 0 bridgehead atoms. The third kappa shape index (κ3) is 6.19. The largest absolute Gasteiger partial charge is 0.411 e. The van der Waals surface area contributed by atoms with E-state index in [1.54, 1.807) is 54.6 Å². The summed E-state index contributed by atoms with van der Waals surface area (Å²) in [5.41, 5.74) is 13.3. The van der Waals surface area contributed by atoms with Crippen LogP contribution in [0.1, 0.15) is 15.9 Å². The smallest absolute Gasteiger partial charge is 0.397 e. The number of benzene rings is 2. The number of aromatic nitrogens is 1. The molecule has 10 heteroatoms. The maximum Gasteiger partial charge on any atom is 0.411 e. The lowest BCUT2D eigenvalue weighted by atomic mass is 10.2. The van der Waals surface area contributed by atoms with Gasteiger partial charge in [0.2, 0.25) is 5.88 Å². The fourth-order valence-corrected chi connectivity index (χ4v) is 2.55. The summed E-state index contributed by atoms with van der Waals surface area (Å²) >= 11 is 0. The minimum Gasteiger partial charge on any atom is -0.397 e. The van der Waals surface area contributed by atoms with E-state index in [1.165, 1.54) is 12.3 Å². The van der Waals surface area contributed by atoms with Gasteiger partial charge in [0.25, 0.3) is 5.91 Å². The lowest BCUT2D eigenvalue weighted by Gasteiger charge is -2.10. The highest BCUT2D eigenvalue weighted by Crippen LogP contribution is 2.18. The van der Waals surface area contributed by atoms with Crippen LogP contribution in [0, 0.1) is 0 Å². The second-order valence-corrected chi connectivity index (χ2v) is 6.35. The molecule has 4 amide bonds. The lowest BCUT2D eigenvalue weighted by molar-refractivity contribution is 0.102. The van der Waals surface area contributed by atoms with Gasteiger partial charge < -0.3 is 32.2 Å². The quantitative estimate of drug-likeness (QED) is 0.385. The number of primary amides is 1. The van der Waals surface area contributed by atoms with Gasteiger partial charge in [-0.3, -0.25) is 4.79 Å². The fourth-order valence-electron chi connectivity index (χ4n) is 2.55. The maximum atomic E-state index is 12.3. The van der Waals surface area contributed by atoms with Crippen LogP contribution < -0.4 is 32.2 Å². The molecule has 0 unspecified atom stereocenters. The molecule has 7 N–H and O–H groups in total. The zero-order valence-corrected chi connectivity index (χ0v) is 16.3. The normalized spacial score (nSPS) is 10.1. The van der Waals surface area contributed by atoms with Crippen molar-refractivity contribution in [3.8, 4) is 5.88 Å². The van der Waals surface area contributed by atoms with Crippen molar-refractivity contribution in [2.75, 3.05) is 16.4 Å². The minimum absolute atomic E-state index is 0.0692. The molecule has 0 aliphatic heterocycles. The van der Waals surface area contributed by atoms with Gasteiger partial charge in [0.15, 0.2) is 0 Å². The number of anilines is 3. The van der Waals surface area contributed by atoms with Crippen LogP contribution in [0.5, 0.6) is 5.88 Å². The Morgan fingerprint density at radius 1 is 0.935 bits per heavy atom. The first-order chi connectivity index (χ1) is 14.9. The SMILES string of the molecule is NC(=O)Oc1ccc(CNC(=O)Nc2ccc(C(=O)Nc3ccccc3N)cc2)cn1. The molecule has 3 rings (SSSR count). The Bertz CT molecular complexity index is 1080. The first kappa shape index (κ1) is 21.1. The van der Waals surface area contributed by atoms with Crippen molar-refractivity contribution in [3.63, 3.8) is 0 Å². The highest BCUT2D eigenvalue weighted by Gasteiger charge is 2.09. The van der Waals surface area contributed by atoms with Gasteiger partial charge in [-0.25, -0.2) is 14.6 Å². The van der Waals surface area contributed by atoms with Crippen molar-refractivity contribution < 1.29 is 19.1 Å². The van der Waals surface area contributed by atoms with E-state index in [9.17, 15) is 14.4 Å². The van der Waals surface area contributed by atoms with Crippen LogP contribution in [0.15, 0.2) is 66.9 Å². The second-order valence-electron chi connectivity index (χ2n) is 6.35. The molecular formula is C21H20N6O4. The number of nitrogen functional groups attached to an aromatic ring is 1. The standard InChI is InChI=1S/C21H20N6O4/c22-16-3-1-2-4-17(16)27-19(28)14-6-8-15(9-7-14)26-21(30)25-12-13-5-10-18(24-11-13)31-20(23)29/h1-11H,12,22H2,(H2,23,29)(H,27,28)(H2,25,26,30). The van der Waals surface area contributed by atoms with Gasteiger partial charge in [0.05, 0.1) is 11.4 Å². The first-order valence-electron chi connectivity index (χ1n) is 9.13. The first-order valence-corrected chi connectivity index (χ1v) is 9.13. The average Bonchev–Trinajstić information content (AvgIpc) is 2.75. The van der Waals surface area contributed by atoms with E-state index < -0.39 is 12.1 Å². The molecule has 3 aromatic rings. The van der Waals surface area contributed by atoms with Crippen molar-refractivity contribution >= 4 is 35.1 Å². The van der Waals surface area contributed by atoms with E-state index >= 15 is 0 Å². The Morgan fingerprint density at radius 2 is 1.68 bits per heavy atom. The van der Waals surface area contributed by atoms with Crippen LogP contribution in [0.25, 0.3) is 0 Å². The van der Waals surface area contributed by atoms with Crippen LogP contribution >= 0.6 is 0 Å². The third-order valence-corrected chi connectivity index (χ3v) is 4.07. The number of amides is 4. The van der Waals surface area contributed by atoms with Gasteiger partial charge >= 0.3 is 12.1 Å². The van der Waals surface area contributed by atoms with Gasteiger partial charge in [-0.2, -0.15) is 0 Å². The predicted molar refractivity (Wildman–Crippen MR) is 116 cm³/mol. The predicted octanol–water partition coefficient (Wildman–Crippen LogP) is 2.70. The number of pyridine rings is 1. The lowest BCUT2D eigenvalue weighted by Crippen LogP contribution is -2.28. The highest BCUT2D eigenvalue weighted by atomic mass is 16.6. The second kappa shape index (κ2) is 9.74. The fraction of sp³-hybridized carbons (Fsp3) is 0.0476. The summed E-state index contributed by atoms with van der Waals surface area (Å²) in [5.74, 6) is -0.245. The topological polar surface area (TPSA) is 161 Å². The van der Waals surface area contributed by atoms with Crippen LogP contribution in [0.4, 0.5) is 26.7 Å². The third-order valence-electron chi connectivity index (χ3n) is 4.07. The molecule has 1 aromatic heterocycles. The molecule has 0 aliphatic rings. The molecule has 2 aromatic carbocycles. The minimum atomic E-state index is -0.953. The molecular weight excluding hydrogens is 400 g/mol. The summed E-state index contributed by atoms with van der Waals surface area (Å²) in [7, 11) is 0. The Labute approximate surface area is 177 Å². The Morgan fingerprint density at radius 3 is 2.32 bits per heavy atom. The van der Waals surface area contributed by atoms with E-state index in [1.807, 2.05) is 0 Å². The van der Waals surface area contributed by atoms with Crippen molar-refractivity contribution in [2.45, 2.75) is 6.54 Å². The van der Waals surface area contributed by atoms with E-state index in [-0.39, 0.29) is 18.3 Å². The molecule has 0 radical (unpaired) electrons. The van der Waals surface area contributed by atoms with Gasteiger partial charge in [0.1, 0.15) is 0 Å². The molecule has 31 heavy (non-hydrogen) atoms. The molecule has 10 nitrogen and oxygen atoms in total. The molecule has 0 fully saturated rings. The average molecular weight is 420 g/mol.